The number of rotatable bonds is 5. The summed E-state index contributed by atoms with van der Waals surface area (Å²) in [4.78, 5) is 0. The van der Waals surface area contributed by atoms with Crippen LogP contribution in [0.4, 0.5) is 5.69 Å². The average molecular weight is 313 g/mol. The fourth-order valence-corrected chi connectivity index (χ4v) is 4.36. The Morgan fingerprint density at radius 1 is 1.29 bits per heavy atom. The Morgan fingerprint density at radius 2 is 2.05 bits per heavy atom. The van der Waals surface area contributed by atoms with E-state index in [9.17, 15) is 8.42 Å². The molecule has 5 nitrogen and oxygen atoms in total. The van der Waals surface area contributed by atoms with Crippen molar-refractivity contribution in [1.29, 1.82) is 0 Å². The van der Waals surface area contributed by atoms with Gasteiger partial charge in [0.05, 0.1) is 24.7 Å². The van der Waals surface area contributed by atoms with Crippen LogP contribution in [-0.2, 0) is 21.2 Å². The summed E-state index contributed by atoms with van der Waals surface area (Å²) < 4.78 is 37.2. The van der Waals surface area contributed by atoms with Crippen molar-refractivity contribution in [2.45, 2.75) is 32.3 Å². The standard InChI is InChI=1S/C15H23NO4S/c1-12(19-2)11-21(17,18)16-9-5-4-6-13-10-14(20-3)7-8-15(13)16/h7-8,10,12H,4-6,9,11H2,1-3H3/t12-/m0/s1. The van der Waals surface area contributed by atoms with Crippen LogP contribution in [0.1, 0.15) is 25.3 Å². The maximum absolute atomic E-state index is 12.6. The van der Waals surface area contributed by atoms with Crippen molar-refractivity contribution in [3.05, 3.63) is 23.8 Å². The van der Waals surface area contributed by atoms with Gasteiger partial charge in [-0.15, -0.1) is 0 Å². The van der Waals surface area contributed by atoms with Crippen molar-refractivity contribution in [3.63, 3.8) is 0 Å². The van der Waals surface area contributed by atoms with Crippen LogP contribution in [0.5, 0.6) is 5.75 Å². The third-order valence-corrected chi connectivity index (χ3v) is 5.74. The largest absolute Gasteiger partial charge is 0.497 e. The summed E-state index contributed by atoms with van der Waals surface area (Å²) in [7, 11) is -0.236. The summed E-state index contributed by atoms with van der Waals surface area (Å²) in [6.45, 7) is 2.29. The number of hydrogen-bond acceptors (Lipinski definition) is 4. The summed E-state index contributed by atoms with van der Waals surface area (Å²) >= 11 is 0. The van der Waals surface area contributed by atoms with Gasteiger partial charge in [0.2, 0.25) is 10.0 Å². The van der Waals surface area contributed by atoms with E-state index in [1.807, 2.05) is 18.2 Å². The molecule has 0 bridgehead atoms. The molecule has 0 saturated heterocycles. The van der Waals surface area contributed by atoms with Crippen molar-refractivity contribution in [3.8, 4) is 5.75 Å². The molecule has 1 atom stereocenters. The number of ether oxygens (including phenoxy) is 2. The molecule has 0 spiro atoms. The zero-order valence-electron chi connectivity index (χ0n) is 12.8. The molecule has 0 fully saturated rings. The Bertz CT molecular complexity index is 585. The van der Waals surface area contributed by atoms with E-state index in [4.69, 9.17) is 9.47 Å². The summed E-state index contributed by atoms with van der Waals surface area (Å²) in [5, 5.41) is 0. The minimum Gasteiger partial charge on any atom is -0.497 e. The Morgan fingerprint density at radius 3 is 2.71 bits per heavy atom. The second-order valence-electron chi connectivity index (χ2n) is 5.35. The molecule has 1 aromatic rings. The second-order valence-corrected chi connectivity index (χ2v) is 7.29. The molecule has 118 valence electrons. The molecule has 0 saturated carbocycles. The Kier molecular flexibility index (Phi) is 5.11. The van der Waals surface area contributed by atoms with Gasteiger partial charge in [-0.3, -0.25) is 4.31 Å². The van der Waals surface area contributed by atoms with E-state index < -0.39 is 10.0 Å². The number of aryl methyl sites for hydroxylation is 1. The first-order valence-electron chi connectivity index (χ1n) is 7.18. The van der Waals surface area contributed by atoms with E-state index in [0.29, 0.717) is 6.54 Å². The van der Waals surface area contributed by atoms with Gasteiger partial charge >= 0.3 is 0 Å². The Hall–Kier alpha value is -1.27. The highest BCUT2D eigenvalue weighted by molar-refractivity contribution is 7.92. The molecule has 2 rings (SSSR count). The molecule has 21 heavy (non-hydrogen) atoms. The number of methoxy groups -OCH3 is 2. The first-order valence-corrected chi connectivity index (χ1v) is 8.79. The molecule has 0 aliphatic carbocycles. The number of sulfonamides is 1. The molecule has 1 aromatic carbocycles. The fourth-order valence-electron chi connectivity index (χ4n) is 2.57. The monoisotopic (exact) mass is 313 g/mol. The lowest BCUT2D eigenvalue weighted by atomic mass is 10.1. The molecule has 0 radical (unpaired) electrons. The van der Waals surface area contributed by atoms with Crippen LogP contribution >= 0.6 is 0 Å². The molecule has 6 heteroatoms. The van der Waals surface area contributed by atoms with Gasteiger partial charge in [-0.1, -0.05) is 0 Å². The molecule has 0 N–H and O–H groups in total. The summed E-state index contributed by atoms with van der Waals surface area (Å²) in [6.07, 6.45) is 2.39. The van der Waals surface area contributed by atoms with Gasteiger partial charge in [0.1, 0.15) is 5.75 Å². The minimum absolute atomic E-state index is 0.00499. The molecular weight excluding hydrogens is 290 g/mol. The van der Waals surface area contributed by atoms with Gasteiger partial charge < -0.3 is 9.47 Å². The zero-order valence-corrected chi connectivity index (χ0v) is 13.6. The lowest BCUT2D eigenvalue weighted by Crippen LogP contribution is -2.37. The van der Waals surface area contributed by atoms with E-state index in [1.54, 1.807) is 14.0 Å². The zero-order chi connectivity index (χ0) is 15.5. The molecule has 1 heterocycles. The van der Waals surface area contributed by atoms with Crippen LogP contribution < -0.4 is 9.04 Å². The van der Waals surface area contributed by atoms with E-state index in [1.165, 1.54) is 11.4 Å². The van der Waals surface area contributed by atoms with Crippen LogP contribution in [0.15, 0.2) is 18.2 Å². The summed E-state index contributed by atoms with van der Waals surface area (Å²) in [6, 6.07) is 5.59. The van der Waals surface area contributed by atoms with Gasteiger partial charge in [-0.25, -0.2) is 8.42 Å². The molecule has 0 amide bonds. The number of anilines is 1. The third-order valence-electron chi connectivity index (χ3n) is 3.80. The van der Waals surface area contributed by atoms with Crippen molar-refractivity contribution in [1.82, 2.24) is 0 Å². The maximum Gasteiger partial charge on any atom is 0.237 e. The van der Waals surface area contributed by atoms with Crippen LogP contribution in [0.25, 0.3) is 0 Å². The first-order chi connectivity index (χ1) is 9.97. The van der Waals surface area contributed by atoms with E-state index in [-0.39, 0.29) is 11.9 Å². The van der Waals surface area contributed by atoms with E-state index >= 15 is 0 Å². The van der Waals surface area contributed by atoms with Crippen molar-refractivity contribution < 1.29 is 17.9 Å². The molecular formula is C15H23NO4S. The van der Waals surface area contributed by atoms with Gasteiger partial charge in [0.25, 0.3) is 0 Å². The highest BCUT2D eigenvalue weighted by atomic mass is 32.2. The first kappa shape index (κ1) is 16.1. The van der Waals surface area contributed by atoms with Crippen LogP contribution in [0, 0.1) is 0 Å². The smallest absolute Gasteiger partial charge is 0.237 e. The van der Waals surface area contributed by atoms with Gasteiger partial charge in [0, 0.05) is 13.7 Å². The number of fused-ring (bicyclic) bond motifs is 1. The second kappa shape index (κ2) is 6.66. The van der Waals surface area contributed by atoms with Crippen molar-refractivity contribution >= 4 is 15.7 Å². The van der Waals surface area contributed by atoms with Crippen molar-refractivity contribution in [2.24, 2.45) is 0 Å². The minimum atomic E-state index is -3.38. The number of hydrogen-bond donors (Lipinski definition) is 0. The Labute approximate surface area is 126 Å². The topological polar surface area (TPSA) is 55.8 Å². The number of benzene rings is 1. The highest BCUT2D eigenvalue weighted by Crippen LogP contribution is 2.31. The SMILES string of the molecule is COc1ccc2c(c1)CCCCN2S(=O)(=O)C[C@H](C)OC. The van der Waals surface area contributed by atoms with E-state index in [2.05, 4.69) is 0 Å². The molecule has 0 aromatic heterocycles. The summed E-state index contributed by atoms with van der Waals surface area (Å²) in [5.74, 6) is 0.757. The van der Waals surface area contributed by atoms with Crippen LogP contribution in [-0.4, -0.2) is 41.0 Å². The average Bonchev–Trinajstić information content (AvgIpc) is 2.68. The molecule has 0 unspecified atom stereocenters. The summed E-state index contributed by atoms with van der Waals surface area (Å²) in [5.41, 5.74) is 1.80. The molecule has 1 aliphatic heterocycles. The normalized spacial score (nSPS) is 17.0. The molecule has 1 aliphatic rings. The Balaban J connectivity index is 2.37. The maximum atomic E-state index is 12.6. The third kappa shape index (κ3) is 3.68. The van der Waals surface area contributed by atoms with Crippen molar-refractivity contribution in [2.75, 3.05) is 30.8 Å². The number of nitrogens with zero attached hydrogens (tertiary/aromatic N) is 1. The lowest BCUT2D eigenvalue weighted by molar-refractivity contribution is 0.136. The van der Waals surface area contributed by atoms with E-state index in [0.717, 1.165) is 36.3 Å². The quantitative estimate of drug-likeness (QED) is 0.836. The van der Waals surface area contributed by atoms with Gasteiger partial charge in [-0.05, 0) is 49.9 Å². The van der Waals surface area contributed by atoms with Crippen LogP contribution in [0.3, 0.4) is 0 Å². The predicted molar refractivity (Wildman–Crippen MR) is 83.5 cm³/mol. The predicted octanol–water partition coefficient (Wildman–Crippen LogP) is 2.20. The van der Waals surface area contributed by atoms with Gasteiger partial charge in [-0.2, -0.15) is 0 Å². The van der Waals surface area contributed by atoms with Crippen LogP contribution in [0.2, 0.25) is 0 Å². The van der Waals surface area contributed by atoms with Gasteiger partial charge in [0.15, 0.2) is 0 Å². The highest BCUT2D eigenvalue weighted by Gasteiger charge is 2.28. The lowest BCUT2D eigenvalue weighted by Gasteiger charge is -2.26. The fraction of sp³-hybridized carbons (Fsp3) is 0.600.